The zero-order valence-electron chi connectivity index (χ0n) is 13.5. The molecule has 0 saturated carbocycles. The van der Waals surface area contributed by atoms with Gasteiger partial charge >= 0.3 is 0 Å². The van der Waals surface area contributed by atoms with Gasteiger partial charge in [-0.2, -0.15) is 0 Å². The minimum Gasteiger partial charge on any atom is -0.325 e. The highest BCUT2D eigenvalue weighted by molar-refractivity contribution is 7.10. The molecule has 24 heavy (non-hydrogen) atoms. The van der Waals surface area contributed by atoms with E-state index in [1.165, 1.54) is 4.88 Å². The molecule has 0 radical (unpaired) electrons. The van der Waals surface area contributed by atoms with Gasteiger partial charge in [0.25, 0.3) is 0 Å². The molecule has 0 spiro atoms. The molecule has 122 valence electrons. The van der Waals surface area contributed by atoms with Gasteiger partial charge in [-0.1, -0.05) is 48.5 Å². The summed E-state index contributed by atoms with van der Waals surface area (Å²) in [6.07, 6.45) is 0. The fourth-order valence-corrected chi connectivity index (χ4v) is 3.43. The Bertz CT molecular complexity index is 784. The highest BCUT2D eigenvalue weighted by Crippen LogP contribution is 2.25. The summed E-state index contributed by atoms with van der Waals surface area (Å²) in [6.45, 7) is 2.27. The molecule has 1 aromatic heterocycles. The first-order valence-electron chi connectivity index (χ1n) is 7.90. The van der Waals surface area contributed by atoms with Crippen LogP contribution in [0.2, 0.25) is 0 Å². The first kappa shape index (κ1) is 16.4. The van der Waals surface area contributed by atoms with Crippen molar-refractivity contribution in [1.29, 1.82) is 0 Å². The van der Waals surface area contributed by atoms with E-state index in [1.54, 1.807) is 11.3 Å². The van der Waals surface area contributed by atoms with Crippen molar-refractivity contribution in [3.63, 3.8) is 0 Å². The fourth-order valence-electron chi connectivity index (χ4n) is 2.61. The average molecular weight is 336 g/mol. The van der Waals surface area contributed by atoms with Gasteiger partial charge in [0.1, 0.15) is 0 Å². The Hall–Kier alpha value is -2.43. The number of thiophene rings is 1. The second kappa shape index (κ2) is 7.90. The molecule has 0 unspecified atom stereocenters. The van der Waals surface area contributed by atoms with Crippen LogP contribution in [-0.4, -0.2) is 12.5 Å². The van der Waals surface area contributed by atoms with Crippen LogP contribution in [0.1, 0.15) is 22.0 Å². The van der Waals surface area contributed by atoms with Crippen molar-refractivity contribution < 1.29 is 4.79 Å². The van der Waals surface area contributed by atoms with Gasteiger partial charge in [-0.25, -0.2) is 0 Å². The third kappa shape index (κ3) is 4.31. The molecule has 0 bridgehead atoms. The number of rotatable bonds is 6. The Morgan fingerprint density at radius 1 is 1.04 bits per heavy atom. The molecule has 0 fully saturated rings. The summed E-state index contributed by atoms with van der Waals surface area (Å²) in [7, 11) is 0. The van der Waals surface area contributed by atoms with Gasteiger partial charge < -0.3 is 5.32 Å². The van der Waals surface area contributed by atoms with Gasteiger partial charge in [-0.3, -0.25) is 10.1 Å². The lowest BCUT2D eigenvalue weighted by atomic mass is 10.1. The van der Waals surface area contributed by atoms with Gasteiger partial charge in [0.15, 0.2) is 0 Å². The number of carbonyl (C=O) groups is 1. The smallest absolute Gasteiger partial charge is 0.238 e. The van der Waals surface area contributed by atoms with E-state index in [0.717, 1.165) is 16.8 Å². The maximum atomic E-state index is 12.3. The highest BCUT2D eigenvalue weighted by atomic mass is 32.1. The minimum atomic E-state index is -0.0434. The highest BCUT2D eigenvalue weighted by Gasteiger charge is 2.15. The molecule has 3 aromatic rings. The van der Waals surface area contributed by atoms with Crippen LogP contribution in [0.25, 0.3) is 0 Å². The zero-order valence-corrected chi connectivity index (χ0v) is 14.3. The number of amides is 1. The molecule has 4 heteroatoms. The summed E-state index contributed by atoms with van der Waals surface area (Å²) in [4.78, 5) is 13.5. The number of benzene rings is 2. The molecular formula is C20H20N2OS. The van der Waals surface area contributed by atoms with Crippen molar-refractivity contribution in [3.8, 4) is 0 Å². The van der Waals surface area contributed by atoms with Crippen LogP contribution < -0.4 is 10.6 Å². The predicted octanol–water partition coefficient (Wildman–Crippen LogP) is 4.37. The molecule has 1 heterocycles. The monoisotopic (exact) mass is 336 g/mol. The van der Waals surface area contributed by atoms with Crippen molar-refractivity contribution in [1.82, 2.24) is 5.32 Å². The van der Waals surface area contributed by atoms with Gasteiger partial charge in [0, 0.05) is 10.6 Å². The molecule has 3 nitrogen and oxygen atoms in total. The van der Waals surface area contributed by atoms with E-state index < -0.39 is 0 Å². The lowest BCUT2D eigenvalue weighted by molar-refractivity contribution is -0.115. The molecule has 0 aliphatic rings. The van der Waals surface area contributed by atoms with Crippen molar-refractivity contribution in [2.45, 2.75) is 13.0 Å². The summed E-state index contributed by atoms with van der Waals surface area (Å²) >= 11 is 1.69. The van der Waals surface area contributed by atoms with Gasteiger partial charge in [-0.05, 0) is 41.6 Å². The summed E-state index contributed by atoms with van der Waals surface area (Å²) in [5.41, 5.74) is 3.11. The third-order valence-electron chi connectivity index (χ3n) is 3.73. The second-order valence-corrected chi connectivity index (χ2v) is 6.64. The number of anilines is 1. The van der Waals surface area contributed by atoms with E-state index in [4.69, 9.17) is 0 Å². The minimum absolute atomic E-state index is 0.0226. The van der Waals surface area contributed by atoms with E-state index in [0.29, 0.717) is 0 Å². The van der Waals surface area contributed by atoms with Crippen molar-refractivity contribution >= 4 is 22.9 Å². The van der Waals surface area contributed by atoms with Crippen molar-refractivity contribution in [2.75, 3.05) is 11.9 Å². The van der Waals surface area contributed by atoms with Crippen molar-refractivity contribution in [2.24, 2.45) is 0 Å². The standard InChI is InChI=1S/C20H20N2OS/c1-15-7-5-10-17(13-15)22-19(23)14-21-20(18-11-6-12-24-18)16-8-3-2-4-9-16/h2-13,20-21H,14H2,1H3,(H,22,23)/t20-/m0/s1. The normalized spacial score (nSPS) is 11.9. The summed E-state index contributed by atoms with van der Waals surface area (Å²) < 4.78 is 0. The summed E-state index contributed by atoms with van der Waals surface area (Å²) in [5.74, 6) is -0.0434. The molecule has 3 rings (SSSR count). The van der Waals surface area contributed by atoms with Crippen molar-refractivity contribution in [3.05, 3.63) is 88.1 Å². The molecule has 2 aromatic carbocycles. The topological polar surface area (TPSA) is 41.1 Å². The number of carbonyl (C=O) groups excluding carboxylic acids is 1. The maximum absolute atomic E-state index is 12.3. The first-order valence-corrected chi connectivity index (χ1v) is 8.78. The molecule has 2 N–H and O–H groups in total. The van der Waals surface area contributed by atoms with Crippen LogP contribution in [-0.2, 0) is 4.79 Å². The van der Waals surface area contributed by atoms with E-state index in [1.807, 2.05) is 55.5 Å². The predicted molar refractivity (Wildman–Crippen MR) is 100 cm³/mol. The number of aryl methyl sites for hydroxylation is 1. The van der Waals surface area contributed by atoms with Gasteiger partial charge in [0.2, 0.25) is 5.91 Å². The van der Waals surface area contributed by atoms with Crippen LogP contribution in [0.4, 0.5) is 5.69 Å². The van der Waals surface area contributed by atoms with E-state index in [2.05, 4.69) is 34.2 Å². The molecular weight excluding hydrogens is 316 g/mol. The molecule has 1 atom stereocenters. The van der Waals surface area contributed by atoms with Crippen LogP contribution in [0, 0.1) is 6.92 Å². The second-order valence-electron chi connectivity index (χ2n) is 5.66. The third-order valence-corrected chi connectivity index (χ3v) is 4.67. The number of hydrogen-bond donors (Lipinski definition) is 2. The average Bonchev–Trinajstić information content (AvgIpc) is 3.10. The van der Waals surface area contributed by atoms with Crippen LogP contribution in [0.15, 0.2) is 72.1 Å². The molecule has 0 aliphatic carbocycles. The summed E-state index contributed by atoms with van der Waals surface area (Å²) in [5, 5.41) is 8.36. The van der Waals surface area contributed by atoms with Crippen LogP contribution in [0.3, 0.4) is 0 Å². The molecule has 0 saturated heterocycles. The first-order chi connectivity index (χ1) is 11.7. The Labute approximate surface area is 146 Å². The molecule has 1 amide bonds. The quantitative estimate of drug-likeness (QED) is 0.701. The lowest BCUT2D eigenvalue weighted by Crippen LogP contribution is -2.31. The number of hydrogen-bond acceptors (Lipinski definition) is 3. The summed E-state index contributed by atoms with van der Waals surface area (Å²) in [6, 6.07) is 22.2. The Morgan fingerprint density at radius 3 is 2.58 bits per heavy atom. The van der Waals surface area contributed by atoms with Gasteiger partial charge in [-0.15, -0.1) is 11.3 Å². The SMILES string of the molecule is Cc1cccc(NC(=O)CN[C@@H](c2ccccc2)c2cccs2)c1. The van der Waals surface area contributed by atoms with E-state index in [9.17, 15) is 4.79 Å². The largest absolute Gasteiger partial charge is 0.325 e. The Balaban J connectivity index is 1.67. The number of nitrogens with one attached hydrogen (secondary N) is 2. The maximum Gasteiger partial charge on any atom is 0.238 e. The fraction of sp³-hybridized carbons (Fsp3) is 0.150. The lowest BCUT2D eigenvalue weighted by Gasteiger charge is -2.18. The zero-order chi connectivity index (χ0) is 16.8. The Morgan fingerprint density at radius 2 is 1.88 bits per heavy atom. The Kier molecular flexibility index (Phi) is 5.41. The van der Waals surface area contributed by atoms with Crippen LogP contribution in [0.5, 0.6) is 0 Å². The van der Waals surface area contributed by atoms with E-state index >= 15 is 0 Å². The van der Waals surface area contributed by atoms with Crippen LogP contribution >= 0.6 is 11.3 Å². The van der Waals surface area contributed by atoms with E-state index in [-0.39, 0.29) is 18.5 Å². The van der Waals surface area contributed by atoms with Gasteiger partial charge in [0.05, 0.1) is 12.6 Å². The molecule has 0 aliphatic heterocycles.